The molecule has 1 N–H and O–H groups in total. The van der Waals surface area contributed by atoms with Crippen LogP contribution in [0.4, 0.5) is 11.4 Å². The van der Waals surface area contributed by atoms with Gasteiger partial charge in [-0.25, -0.2) is 4.79 Å². The summed E-state index contributed by atoms with van der Waals surface area (Å²) in [5.41, 5.74) is 0.767. The number of carbonyl (C=O) groups excluding carboxylic acids is 3. The van der Waals surface area contributed by atoms with Crippen LogP contribution >= 0.6 is 15.9 Å². The number of hydrogen-bond donors (Lipinski definition) is 1. The number of rotatable bonds is 7. The highest BCUT2D eigenvalue weighted by molar-refractivity contribution is 9.10. The van der Waals surface area contributed by atoms with Crippen molar-refractivity contribution in [2.24, 2.45) is 0 Å². The van der Waals surface area contributed by atoms with Gasteiger partial charge in [0.2, 0.25) is 0 Å². The van der Waals surface area contributed by atoms with E-state index in [4.69, 9.17) is 4.74 Å². The topological polar surface area (TPSA) is 116 Å². The molecule has 0 saturated heterocycles. The van der Waals surface area contributed by atoms with Crippen molar-refractivity contribution in [1.82, 2.24) is 0 Å². The van der Waals surface area contributed by atoms with E-state index in [2.05, 4.69) is 21.2 Å². The fraction of sp³-hybridized carbons (Fsp3) is 0.0455. The zero-order chi connectivity index (χ0) is 22.4. The molecule has 1 amide bonds. The second kappa shape index (κ2) is 9.77. The first-order valence-electron chi connectivity index (χ1n) is 8.96. The quantitative estimate of drug-likeness (QED) is 0.231. The number of carbonyl (C=O) groups is 3. The lowest BCUT2D eigenvalue weighted by molar-refractivity contribution is -0.384. The van der Waals surface area contributed by atoms with Gasteiger partial charge in [-0.1, -0.05) is 48.5 Å². The Morgan fingerprint density at radius 3 is 2.23 bits per heavy atom. The highest BCUT2D eigenvalue weighted by Gasteiger charge is 2.20. The predicted octanol–water partition coefficient (Wildman–Crippen LogP) is 4.38. The molecule has 0 heterocycles. The lowest BCUT2D eigenvalue weighted by atomic mass is 9.98. The number of esters is 1. The SMILES string of the molecule is O=C(COC(=O)c1ccccc1C(=O)c1ccccc1)Nc1ccc([N+](=O)[O-])cc1Br. The summed E-state index contributed by atoms with van der Waals surface area (Å²) in [5.74, 6) is -1.81. The second-order valence-corrected chi connectivity index (χ2v) is 7.14. The maximum absolute atomic E-state index is 12.7. The van der Waals surface area contributed by atoms with E-state index in [0.29, 0.717) is 10.0 Å². The molecule has 3 aromatic carbocycles. The molecule has 156 valence electrons. The number of non-ortho nitro benzene ring substituents is 1. The number of amides is 1. The zero-order valence-electron chi connectivity index (χ0n) is 15.9. The molecule has 0 spiro atoms. The fourth-order valence-corrected chi connectivity index (χ4v) is 3.18. The average Bonchev–Trinajstić information content (AvgIpc) is 2.78. The first-order valence-corrected chi connectivity index (χ1v) is 9.76. The van der Waals surface area contributed by atoms with E-state index in [1.165, 1.54) is 30.3 Å². The molecule has 0 aliphatic carbocycles. The molecule has 0 unspecified atom stereocenters. The molecular weight excluding hydrogens is 468 g/mol. The van der Waals surface area contributed by atoms with Crippen LogP contribution < -0.4 is 5.32 Å². The van der Waals surface area contributed by atoms with Gasteiger partial charge in [-0.2, -0.15) is 0 Å². The van der Waals surface area contributed by atoms with Crippen molar-refractivity contribution in [1.29, 1.82) is 0 Å². The van der Waals surface area contributed by atoms with Crippen LogP contribution in [0, 0.1) is 10.1 Å². The molecule has 0 aliphatic rings. The minimum absolute atomic E-state index is 0.0423. The summed E-state index contributed by atoms with van der Waals surface area (Å²) in [6.07, 6.45) is 0. The summed E-state index contributed by atoms with van der Waals surface area (Å²) in [4.78, 5) is 47.6. The van der Waals surface area contributed by atoms with Crippen LogP contribution in [-0.4, -0.2) is 29.2 Å². The summed E-state index contributed by atoms with van der Waals surface area (Å²) < 4.78 is 5.37. The standard InChI is InChI=1S/C22H15BrN2O6/c23-18-12-15(25(29)30)10-11-19(18)24-20(26)13-31-22(28)17-9-5-4-8-16(17)21(27)14-6-2-1-3-7-14/h1-12H,13H2,(H,24,26). The lowest BCUT2D eigenvalue weighted by Gasteiger charge is -2.10. The van der Waals surface area contributed by atoms with Crippen LogP contribution in [0.15, 0.2) is 77.3 Å². The Labute approximate surface area is 185 Å². The number of nitrogens with zero attached hydrogens (tertiary/aromatic N) is 1. The number of nitro groups is 1. The van der Waals surface area contributed by atoms with Crippen molar-refractivity contribution < 1.29 is 24.0 Å². The van der Waals surface area contributed by atoms with Crippen LogP contribution in [0.25, 0.3) is 0 Å². The van der Waals surface area contributed by atoms with Crippen molar-refractivity contribution in [2.45, 2.75) is 0 Å². The van der Waals surface area contributed by atoms with E-state index < -0.39 is 23.4 Å². The van der Waals surface area contributed by atoms with Crippen molar-refractivity contribution in [3.05, 3.63) is 104 Å². The first-order chi connectivity index (χ1) is 14.9. The van der Waals surface area contributed by atoms with Crippen LogP contribution in [0.3, 0.4) is 0 Å². The predicted molar refractivity (Wildman–Crippen MR) is 116 cm³/mol. The maximum atomic E-state index is 12.7. The molecular formula is C22H15BrN2O6. The molecule has 0 aromatic heterocycles. The first kappa shape index (κ1) is 21.8. The molecule has 0 radical (unpaired) electrons. The third-order valence-electron chi connectivity index (χ3n) is 4.20. The highest BCUT2D eigenvalue weighted by Crippen LogP contribution is 2.27. The molecule has 3 aromatic rings. The minimum Gasteiger partial charge on any atom is -0.452 e. The van der Waals surface area contributed by atoms with Crippen molar-refractivity contribution in [2.75, 3.05) is 11.9 Å². The summed E-state index contributed by atoms with van der Waals surface area (Å²) in [5, 5.41) is 13.3. The molecule has 0 bridgehead atoms. The van der Waals surface area contributed by atoms with E-state index in [1.807, 2.05) is 0 Å². The molecule has 3 rings (SSSR count). The second-order valence-electron chi connectivity index (χ2n) is 6.29. The Hall–Kier alpha value is -3.85. The molecule has 0 saturated carbocycles. The lowest BCUT2D eigenvalue weighted by Crippen LogP contribution is -2.22. The maximum Gasteiger partial charge on any atom is 0.339 e. The molecule has 0 atom stereocenters. The van der Waals surface area contributed by atoms with E-state index >= 15 is 0 Å². The fourth-order valence-electron chi connectivity index (χ4n) is 2.72. The van der Waals surface area contributed by atoms with Gasteiger partial charge in [0.15, 0.2) is 12.4 Å². The van der Waals surface area contributed by atoms with Crippen LogP contribution in [0.2, 0.25) is 0 Å². The number of hydrogen-bond acceptors (Lipinski definition) is 6. The molecule has 9 heteroatoms. The molecule has 0 aliphatic heterocycles. The minimum atomic E-state index is -0.821. The number of benzene rings is 3. The van der Waals surface area contributed by atoms with E-state index in [1.54, 1.807) is 42.5 Å². The molecule has 31 heavy (non-hydrogen) atoms. The van der Waals surface area contributed by atoms with E-state index in [0.717, 1.165) is 0 Å². The summed E-state index contributed by atoms with van der Waals surface area (Å²) >= 11 is 3.14. The van der Waals surface area contributed by atoms with Gasteiger partial charge in [0.05, 0.1) is 16.2 Å². The van der Waals surface area contributed by atoms with Gasteiger partial charge in [-0.15, -0.1) is 0 Å². The third-order valence-corrected chi connectivity index (χ3v) is 4.86. The Morgan fingerprint density at radius 2 is 1.58 bits per heavy atom. The van der Waals surface area contributed by atoms with Crippen LogP contribution in [0.1, 0.15) is 26.3 Å². The normalized spacial score (nSPS) is 10.2. The van der Waals surface area contributed by atoms with Gasteiger partial charge in [0, 0.05) is 27.7 Å². The largest absolute Gasteiger partial charge is 0.452 e. The monoisotopic (exact) mass is 482 g/mol. The summed E-state index contributed by atoms with van der Waals surface area (Å²) in [6, 6.07) is 18.5. The Morgan fingerprint density at radius 1 is 0.935 bits per heavy atom. The number of ketones is 1. The number of halogens is 1. The Kier molecular flexibility index (Phi) is 6.88. The highest BCUT2D eigenvalue weighted by atomic mass is 79.9. The number of ether oxygens (including phenoxy) is 1. The van der Waals surface area contributed by atoms with Crippen molar-refractivity contribution >= 4 is 45.0 Å². The Bertz CT molecular complexity index is 1160. The molecule has 8 nitrogen and oxygen atoms in total. The van der Waals surface area contributed by atoms with E-state index in [9.17, 15) is 24.5 Å². The smallest absolute Gasteiger partial charge is 0.339 e. The van der Waals surface area contributed by atoms with Gasteiger partial charge in [-0.05, 0) is 28.1 Å². The van der Waals surface area contributed by atoms with Crippen molar-refractivity contribution in [3.8, 4) is 0 Å². The zero-order valence-corrected chi connectivity index (χ0v) is 17.5. The summed E-state index contributed by atoms with van der Waals surface area (Å²) in [6.45, 7) is -0.601. The van der Waals surface area contributed by atoms with Gasteiger partial charge < -0.3 is 10.1 Å². The number of nitrogens with one attached hydrogen (secondary N) is 1. The van der Waals surface area contributed by atoms with Gasteiger partial charge in [0.25, 0.3) is 11.6 Å². The Balaban J connectivity index is 1.67. The van der Waals surface area contributed by atoms with Crippen LogP contribution in [0.5, 0.6) is 0 Å². The van der Waals surface area contributed by atoms with Crippen LogP contribution in [-0.2, 0) is 9.53 Å². The van der Waals surface area contributed by atoms with Gasteiger partial charge in [-0.3, -0.25) is 19.7 Å². The molecule has 0 fully saturated rings. The van der Waals surface area contributed by atoms with Gasteiger partial charge in [0.1, 0.15) is 0 Å². The number of anilines is 1. The van der Waals surface area contributed by atoms with E-state index in [-0.39, 0.29) is 28.3 Å². The van der Waals surface area contributed by atoms with Gasteiger partial charge >= 0.3 is 5.97 Å². The average molecular weight is 483 g/mol. The summed E-state index contributed by atoms with van der Waals surface area (Å²) in [7, 11) is 0. The number of nitro benzene ring substituents is 1. The third kappa shape index (κ3) is 5.40. The van der Waals surface area contributed by atoms with Crippen molar-refractivity contribution in [3.63, 3.8) is 0 Å².